The van der Waals surface area contributed by atoms with E-state index in [0.29, 0.717) is 37.2 Å². The van der Waals surface area contributed by atoms with Crippen LogP contribution in [0, 0.1) is 0 Å². The number of amides is 3. The topological polar surface area (TPSA) is 298 Å². The van der Waals surface area contributed by atoms with E-state index < -0.39 is 47.9 Å². The Labute approximate surface area is 236 Å². The molecule has 3 amide bonds. The third-order valence-corrected chi connectivity index (χ3v) is 6.08. The average Bonchev–Trinajstić information content (AvgIpc) is 3.63. The number of carbonyl (C=O) groups excluding carboxylic acids is 3. The molecule has 2 heterocycles. The number of aromatic nitrogens is 4. The van der Waals surface area contributed by atoms with E-state index in [4.69, 9.17) is 22.9 Å². The summed E-state index contributed by atoms with van der Waals surface area (Å²) in [5, 5.41) is 17.4. The normalized spacial score (nSPS) is 13.8. The zero-order chi connectivity index (χ0) is 30.2. The molecular formula is C24H40N12O5. The van der Waals surface area contributed by atoms with Gasteiger partial charge in [-0.05, 0) is 38.6 Å². The van der Waals surface area contributed by atoms with Crippen molar-refractivity contribution in [2.45, 2.75) is 69.1 Å². The molecule has 2 aromatic rings. The highest BCUT2D eigenvalue weighted by atomic mass is 16.4. The third-order valence-electron chi connectivity index (χ3n) is 6.08. The van der Waals surface area contributed by atoms with E-state index in [2.05, 4.69) is 40.9 Å². The molecule has 0 aliphatic heterocycles. The van der Waals surface area contributed by atoms with Gasteiger partial charge in [0.15, 0.2) is 5.96 Å². The van der Waals surface area contributed by atoms with Crippen molar-refractivity contribution in [3.63, 3.8) is 0 Å². The lowest BCUT2D eigenvalue weighted by Gasteiger charge is -2.25. The van der Waals surface area contributed by atoms with E-state index in [0.717, 1.165) is 0 Å². The number of unbranched alkanes of at least 4 members (excludes halogenated alkanes) is 1. The van der Waals surface area contributed by atoms with Gasteiger partial charge in [0.25, 0.3) is 0 Å². The van der Waals surface area contributed by atoms with Gasteiger partial charge in [-0.3, -0.25) is 19.4 Å². The SMILES string of the molecule is NCCCCC(NC(=O)C(N)Cc1cnc[nH]1)C(=O)NC(CCCN=C(N)N)C(=O)NC(Cc1cnc[nH]1)C(=O)O. The summed E-state index contributed by atoms with van der Waals surface area (Å²) in [6, 6.07) is -4.42. The van der Waals surface area contributed by atoms with Gasteiger partial charge in [-0.1, -0.05) is 0 Å². The number of aliphatic carboxylic acids is 1. The summed E-state index contributed by atoms with van der Waals surface area (Å²) < 4.78 is 0. The summed E-state index contributed by atoms with van der Waals surface area (Å²) in [6.07, 6.45) is 7.73. The maximum Gasteiger partial charge on any atom is 0.326 e. The molecule has 0 fully saturated rings. The number of imidazole rings is 2. The Balaban J connectivity index is 2.14. The number of guanidine groups is 1. The molecule has 41 heavy (non-hydrogen) atoms. The average molecular weight is 577 g/mol. The molecule has 17 heteroatoms. The van der Waals surface area contributed by atoms with E-state index in [1.54, 1.807) is 6.20 Å². The Kier molecular flexibility index (Phi) is 13.7. The number of hydrogen-bond acceptors (Lipinski definition) is 9. The number of rotatable bonds is 19. The minimum absolute atomic E-state index is 0.0538. The van der Waals surface area contributed by atoms with E-state index in [1.807, 2.05) is 0 Å². The van der Waals surface area contributed by atoms with Crippen molar-refractivity contribution in [2.75, 3.05) is 13.1 Å². The molecule has 0 spiro atoms. The second-order valence-corrected chi connectivity index (χ2v) is 9.42. The lowest BCUT2D eigenvalue weighted by molar-refractivity contribution is -0.142. The lowest BCUT2D eigenvalue weighted by atomic mass is 10.0. The fraction of sp³-hybridized carbons (Fsp3) is 0.542. The number of nitrogens with one attached hydrogen (secondary N) is 5. The number of carbonyl (C=O) groups is 4. The Morgan fingerprint density at radius 2 is 1.37 bits per heavy atom. The van der Waals surface area contributed by atoms with Gasteiger partial charge in [-0.25, -0.2) is 14.8 Å². The zero-order valence-corrected chi connectivity index (χ0v) is 22.7. The van der Waals surface area contributed by atoms with Gasteiger partial charge in [0.2, 0.25) is 17.7 Å². The molecule has 17 nitrogen and oxygen atoms in total. The predicted octanol–water partition coefficient (Wildman–Crippen LogP) is -3.03. The van der Waals surface area contributed by atoms with Crippen LogP contribution in [-0.4, -0.2) is 91.9 Å². The van der Waals surface area contributed by atoms with Crippen LogP contribution in [0.3, 0.4) is 0 Å². The van der Waals surface area contributed by atoms with Crippen LogP contribution in [0.2, 0.25) is 0 Å². The van der Waals surface area contributed by atoms with Gasteiger partial charge in [0.05, 0.1) is 18.7 Å². The monoisotopic (exact) mass is 576 g/mol. The van der Waals surface area contributed by atoms with Crippen LogP contribution in [0.5, 0.6) is 0 Å². The number of H-pyrrole nitrogens is 2. The minimum atomic E-state index is -1.29. The molecule has 0 aliphatic rings. The summed E-state index contributed by atoms with van der Waals surface area (Å²) in [7, 11) is 0. The van der Waals surface area contributed by atoms with E-state index in [9.17, 15) is 24.3 Å². The minimum Gasteiger partial charge on any atom is -0.480 e. The largest absolute Gasteiger partial charge is 0.480 e. The first kappa shape index (κ1) is 32.7. The molecule has 0 aromatic carbocycles. The number of carboxylic acid groups (broad SMARTS) is 1. The molecule has 14 N–H and O–H groups in total. The van der Waals surface area contributed by atoms with Gasteiger partial charge < -0.3 is 54.0 Å². The van der Waals surface area contributed by atoms with Crippen molar-refractivity contribution in [1.29, 1.82) is 0 Å². The number of aliphatic imine (C=N–C) groups is 1. The summed E-state index contributed by atoms with van der Waals surface area (Å²) in [5.74, 6) is -3.32. The first-order valence-electron chi connectivity index (χ1n) is 13.2. The van der Waals surface area contributed by atoms with Crippen LogP contribution in [0.4, 0.5) is 0 Å². The van der Waals surface area contributed by atoms with Crippen molar-refractivity contribution in [3.05, 3.63) is 36.4 Å². The maximum absolute atomic E-state index is 13.4. The Morgan fingerprint density at radius 3 is 1.88 bits per heavy atom. The third kappa shape index (κ3) is 12.0. The fourth-order valence-electron chi connectivity index (χ4n) is 3.90. The summed E-state index contributed by atoms with van der Waals surface area (Å²) in [4.78, 5) is 68.5. The van der Waals surface area contributed by atoms with Gasteiger partial charge in [-0.2, -0.15) is 0 Å². The summed E-state index contributed by atoms with van der Waals surface area (Å²) in [5.41, 5.74) is 23.5. The predicted molar refractivity (Wildman–Crippen MR) is 149 cm³/mol. The van der Waals surface area contributed by atoms with Crippen molar-refractivity contribution in [2.24, 2.45) is 27.9 Å². The molecule has 0 aliphatic carbocycles. The molecule has 2 aromatic heterocycles. The highest BCUT2D eigenvalue weighted by molar-refractivity contribution is 5.94. The van der Waals surface area contributed by atoms with E-state index in [-0.39, 0.29) is 38.2 Å². The van der Waals surface area contributed by atoms with Crippen LogP contribution in [-0.2, 0) is 32.0 Å². The van der Waals surface area contributed by atoms with Crippen molar-refractivity contribution in [3.8, 4) is 0 Å². The molecule has 4 atom stereocenters. The first-order valence-corrected chi connectivity index (χ1v) is 13.2. The second kappa shape index (κ2) is 17.2. The van der Waals surface area contributed by atoms with Crippen LogP contribution in [0.25, 0.3) is 0 Å². The van der Waals surface area contributed by atoms with Crippen molar-refractivity contribution in [1.82, 2.24) is 35.9 Å². The molecule has 0 bridgehead atoms. The zero-order valence-electron chi connectivity index (χ0n) is 22.7. The first-order chi connectivity index (χ1) is 19.6. The smallest absolute Gasteiger partial charge is 0.326 e. The molecule has 0 saturated carbocycles. The summed E-state index contributed by atoms with van der Waals surface area (Å²) >= 11 is 0. The summed E-state index contributed by atoms with van der Waals surface area (Å²) in [6.45, 7) is 0.571. The van der Waals surface area contributed by atoms with Gasteiger partial charge in [0, 0.05) is 43.2 Å². The molecule has 0 radical (unpaired) electrons. The Bertz CT molecular complexity index is 1120. The van der Waals surface area contributed by atoms with Gasteiger partial charge in [-0.15, -0.1) is 0 Å². The Hall–Kier alpha value is -4.51. The van der Waals surface area contributed by atoms with Gasteiger partial charge >= 0.3 is 5.97 Å². The van der Waals surface area contributed by atoms with Gasteiger partial charge in [0.1, 0.15) is 18.1 Å². The highest BCUT2D eigenvalue weighted by Gasteiger charge is 2.30. The van der Waals surface area contributed by atoms with E-state index >= 15 is 0 Å². The number of carboxylic acids is 1. The quantitative estimate of drug-likeness (QED) is 0.0455. The maximum atomic E-state index is 13.4. The van der Waals surface area contributed by atoms with Crippen LogP contribution < -0.4 is 38.9 Å². The standard InChI is InChI=1S/C24H40N12O5/c25-6-2-1-4-17(34-20(37)16(26)8-14-10-29-12-32-14)21(38)35-18(5-3-7-31-24(27)28)22(39)36-19(23(40)41)9-15-11-30-13-33-15/h10-13,16-19H,1-9,25-26H2,(H,29,32)(H,30,33)(H,34,37)(H,35,38)(H,36,39)(H,40,41)(H4,27,28,31). The fourth-order valence-corrected chi connectivity index (χ4v) is 3.90. The number of aromatic amines is 2. The van der Waals surface area contributed by atoms with Crippen molar-refractivity contribution >= 4 is 29.7 Å². The van der Waals surface area contributed by atoms with Crippen LogP contribution in [0.1, 0.15) is 43.5 Å². The Morgan fingerprint density at radius 1 is 0.829 bits per heavy atom. The van der Waals surface area contributed by atoms with Crippen LogP contribution in [0.15, 0.2) is 30.0 Å². The number of nitrogens with zero attached hydrogens (tertiary/aromatic N) is 3. The second-order valence-electron chi connectivity index (χ2n) is 9.42. The lowest BCUT2D eigenvalue weighted by Crippen LogP contribution is -2.57. The van der Waals surface area contributed by atoms with Crippen molar-refractivity contribution < 1.29 is 24.3 Å². The highest BCUT2D eigenvalue weighted by Crippen LogP contribution is 2.07. The molecule has 4 unspecified atom stereocenters. The molecule has 2 rings (SSSR count). The molecule has 226 valence electrons. The molecular weight excluding hydrogens is 536 g/mol. The van der Waals surface area contributed by atoms with Crippen LogP contribution >= 0.6 is 0 Å². The number of nitrogens with two attached hydrogens (primary N) is 4. The molecule has 0 saturated heterocycles. The van der Waals surface area contributed by atoms with E-state index in [1.165, 1.54) is 18.9 Å². The number of hydrogen-bond donors (Lipinski definition) is 10.